The van der Waals surface area contributed by atoms with Crippen LogP contribution in [0.15, 0.2) is 0 Å². The van der Waals surface area contributed by atoms with Gasteiger partial charge in [-0.15, -0.1) is 0 Å². The van der Waals surface area contributed by atoms with Gasteiger partial charge in [0, 0.05) is 17.1 Å². The second kappa shape index (κ2) is 8.04. The van der Waals surface area contributed by atoms with Crippen molar-refractivity contribution in [2.45, 2.75) is 68.4 Å². The Hall–Kier alpha value is -0.240. The van der Waals surface area contributed by atoms with Gasteiger partial charge in [0.25, 0.3) is 0 Å². The fourth-order valence-electron chi connectivity index (χ4n) is 2.58. The molecule has 4 heteroatoms. The molecule has 2 N–H and O–H groups in total. The topological polar surface area (TPSA) is 56.0 Å². The van der Waals surface area contributed by atoms with E-state index in [0.717, 1.165) is 38.6 Å². The largest absolute Gasteiger partial charge is 0.396 e. The zero-order chi connectivity index (χ0) is 13.4. The SMILES string of the molecule is CCCNC1(C#N)CCCC(SC(C)CCO)C1. The molecule has 0 amide bonds. The minimum Gasteiger partial charge on any atom is -0.396 e. The maximum absolute atomic E-state index is 9.46. The lowest BCUT2D eigenvalue weighted by atomic mass is 9.82. The van der Waals surface area contributed by atoms with E-state index in [-0.39, 0.29) is 12.1 Å². The van der Waals surface area contributed by atoms with E-state index in [4.69, 9.17) is 5.11 Å². The van der Waals surface area contributed by atoms with Gasteiger partial charge < -0.3 is 5.11 Å². The quantitative estimate of drug-likeness (QED) is 0.747. The van der Waals surface area contributed by atoms with E-state index in [1.807, 2.05) is 11.8 Å². The van der Waals surface area contributed by atoms with Crippen molar-refractivity contribution in [1.29, 1.82) is 5.26 Å². The van der Waals surface area contributed by atoms with Crippen LogP contribution in [0.25, 0.3) is 0 Å². The molecule has 0 bridgehead atoms. The van der Waals surface area contributed by atoms with Crippen LogP contribution < -0.4 is 5.32 Å². The van der Waals surface area contributed by atoms with Gasteiger partial charge in [-0.2, -0.15) is 17.0 Å². The molecule has 0 radical (unpaired) electrons. The standard InChI is InChI=1S/C14H26N2OS/c1-3-8-16-14(11-15)7-4-5-13(10-14)18-12(2)6-9-17/h12-13,16-17H,3-10H2,1-2H3. The maximum atomic E-state index is 9.46. The van der Waals surface area contributed by atoms with Crippen molar-refractivity contribution in [3.05, 3.63) is 0 Å². The fourth-order valence-corrected chi connectivity index (χ4v) is 4.17. The Kier molecular flexibility index (Phi) is 7.06. The highest BCUT2D eigenvalue weighted by Crippen LogP contribution is 2.37. The van der Waals surface area contributed by atoms with Crippen molar-refractivity contribution in [1.82, 2.24) is 5.32 Å². The molecular weight excluding hydrogens is 244 g/mol. The first-order valence-corrected chi connectivity index (χ1v) is 8.02. The molecule has 0 heterocycles. The summed E-state index contributed by atoms with van der Waals surface area (Å²) in [5, 5.41) is 22.9. The van der Waals surface area contributed by atoms with Gasteiger partial charge in [-0.25, -0.2) is 0 Å². The highest BCUT2D eigenvalue weighted by molar-refractivity contribution is 8.00. The Balaban J connectivity index is 2.50. The zero-order valence-electron chi connectivity index (χ0n) is 11.6. The minimum atomic E-state index is -0.301. The molecule has 1 aliphatic rings. The molecule has 18 heavy (non-hydrogen) atoms. The van der Waals surface area contributed by atoms with Gasteiger partial charge in [0.15, 0.2) is 0 Å². The van der Waals surface area contributed by atoms with Crippen molar-refractivity contribution >= 4 is 11.8 Å². The second-order valence-corrected chi connectivity index (χ2v) is 7.04. The summed E-state index contributed by atoms with van der Waals surface area (Å²) in [6.07, 6.45) is 6.19. The number of nitrogens with one attached hydrogen (secondary N) is 1. The number of hydrogen-bond acceptors (Lipinski definition) is 4. The summed E-state index contributed by atoms with van der Waals surface area (Å²) in [5.41, 5.74) is -0.301. The number of rotatable bonds is 7. The Morgan fingerprint density at radius 2 is 2.39 bits per heavy atom. The molecule has 0 saturated heterocycles. The lowest BCUT2D eigenvalue weighted by molar-refractivity contribution is 0.287. The molecular formula is C14H26N2OS. The van der Waals surface area contributed by atoms with Gasteiger partial charge in [0.2, 0.25) is 0 Å². The van der Waals surface area contributed by atoms with Crippen molar-refractivity contribution in [2.24, 2.45) is 0 Å². The van der Waals surface area contributed by atoms with Crippen LogP contribution in [0.5, 0.6) is 0 Å². The molecule has 104 valence electrons. The molecule has 1 fully saturated rings. The summed E-state index contributed by atoms with van der Waals surface area (Å²) >= 11 is 1.95. The van der Waals surface area contributed by atoms with Crippen LogP contribution in [0.3, 0.4) is 0 Å². The summed E-state index contributed by atoms with van der Waals surface area (Å²) in [5.74, 6) is 0. The van der Waals surface area contributed by atoms with Gasteiger partial charge >= 0.3 is 0 Å². The minimum absolute atomic E-state index is 0.262. The number of nitriles is 1. The molecule has 0 spiro atoms. The first-order valence-electron chi connectivity index (χ1n) is 7.08. The Bertz CT molecular complexity index is 279. The van der Waals surface area contributed by atoms with Crippen LogP contribution >= 0.6 is 11.8 Å². The van der Waals surface area contributed by atoms with E-state index < -0.39 is 0 Å². The van der Waals surface area contributed by atoms with Crippen LogP contribution in [0.4, 0.5) is 0 Å². The van der Waals surface area contributed by atoms with Gasteiger partial charge in [0.1, 0.15) is 5.54 Å². The summed E-state index contributed by atoms with van der Waals surface area (Å²) < 4.78 is 0. The van der Waals surface area contributed by atoms with E-state index in [1.54, 1.807) is 0 Å². The Labute approximate surface area is 115 Å². The van der Waals surface area contributed by atoms with Gasteiger partial charge in [0.05, 0.1) is 6.07 Å². The molecule has 1 saturated carbocycles. The van der Waals surface area contributed by atoms with Gasteiger partial charge in [-0.3, -0.25) is 5.32 Å². The van der Waals surface area contributed by atoms with Crippen LogP contribution in [0, 0.1) is 11.3 Å². The van der Waals surface area contributed by atoms with Crippen molar-refractivity contribution < 1.29 is 5.11 Å². The zero-order valence-corrected chi connectivity index (χ0v) is 12.4. The lowest BCUT2D eigenvalue weighted by Gasteiger charge is -2.37. The smallest absolute Gasteiger partial charge is 0.107 e. The molecule has 0 aromatic heterocycles. The molecule has 1 rings (SSSR count). The molecule has 0 aliphatic heterocycles. The highest BCUT2D eigenvalue weighted by atomic mass is 32.2. The van der Waals surface area contributed by atoms with Gasteiger partial charge in [-0.05, 0) is 45.1 Å². The summed E-state index contributed by atoms with van der Waals surface area (Å²) in [6, 6.07) is 2.51. The van der Waals surface area contributed by atoms with E-state index in [0.29, 0.717) is 10.5 Å². The maximum Gasteiger partial charge on any atom is 0.107 e. The molecule has 1 aliphatic carbocycles. The molecule has 3 nitrogen and oxygen atoms in total. The van der Waals surface area contributed by atoms with E-state index in [2.05, 4.69) is 25.2 Å². The number of aliphatic hydroxyl groups is 1. The summed E-state index contributed by atoms with van der Waals surface area (Å²) in [4.78, 5) is 0. The van der Waals surface area contributed by atoms with E-state index in [1.165, 1.54) is 6.42 Å². The molecule has 3 atom stereocenters. The van der Waals surface area contributed by atoms with Crippen molar-refractivity contribution in [3.63, 3.8) is 0 Å². The number of thioether (sulfide) groups is 1. The molecule has 0 aromatic carbocycles. The van der Waals surface area contributed by atoms with Crippen LogP contribution in [0.1, 0.15) is 52.4 Å². The van der Waals surface area contributed by atoms with Crippen LogP contribution in [-0.4, -0.2) is 34.3 Å². The van der Waals surface area contributed by atoms with E-state index in [9.17, 15) is 5.26 Å². The Morgan fingerprint density at radius 3 is 3.00 bits per heavy atom. The highest BCUT2D eigenvalue weighted by Gasteiger charge is 2.36. The number of nitrogens with zero attached hydrogens (tertiary/aromatic N) is 1. The third-order valence-electron chi connectivity index (χ3n) is 3.59. The summed E-state index contributed by atoms with van der Waals surface area (Å²) in [6.45, 7) is 5.50. The summed E-state index contributed by atoms with van der Waals surface area (Å²) in [7, 11) is 0. The van der Waals surface area contributed by atoms with E-state index >= 15 is 0 Å². The third-order valence-corrected chi connectivity index (χ3v) is 5.08. The average Bonchev–Trinajstić information content (AvgIpc) is 2.37. The monoisotopic (exact) mass is 270 g/mol. The van der Waals surface area contributed by atoms with Crippen LogP contribution in [-0.2, 0) is 0 Å². The van der Waals surface area contributed by atoms with Crippen LogP contribution in [0.2, 0.25) is 0 Å². The predicted octanol–water partition coefficient (Wildman–Crippen LogP) is 2.70. The normalized spacial score (nSPS) is 29.8. The lowest BCUT2D eigenvalue weighted by Crippen LogP contribution is -2.48. The Morgan fingerprint density at radius 1 is 1.61 bits per heavy atom. The number of hydrogen-bond donors (Lipinski definition) is 2. The van der Waals surface area contributed by atoms with Crippen molar-refractivity contribution in [2.75, 3.05) is 13.2 Å². The first kappa shape index (κ1) is 15.8. The fraction of sp³-hybridized carbons (Fsp3) is 0.929. The third kappa shape index (κ3) is 4.79. The molecule has 3 unspecified atom stereocenters. The number of aliphatic hydroxyl groups excluding tert-OH is 1. The average molecular weight is 270 g/mol. The van der Waals surface area contributed by atoms with Crippen molar-refractivity contribution in [3.8, 4) is 6.07 Å². The van der Waals surface area contributed by atoms with Gasteiger partial charge in [-0.1, -0.05) is 13.8 Å². The second-order valence-electron chi connectivity index (χ2n) is 5.30. The predicted molar refractivity (Wildman–Crippen MR) is 77.6 cm³/mol. The first-order chi connectivity index (χ1) is 8.65. The molecule has 0 aromatic rings.